The highest BCUT2D eigenvalue weighted by Gasteiger charge is 2.35. The molecule has 0 amide bonds. The first kappa shape index (κ1) is 16.6. The largest absolute Gasteiger partial charge is 0.315 e. The highest BCUT2D eigenvalue weighted by molar-refractivity contribution is 7.89. The molecule has 110 valence electrons. The van der Waals surface area contributed by atoms with Crippen LogP contribution in [0.4, 0.5) is 0 Å². The Labute approximate surface area is 120 Å². The van der Waals surface area contributed by atoms with Gasteiger partial charge in [0.05, 0.1) is 0 Å². The van der Waals surface area contributed by atoms with Crippen LogP contribution in [0.2, 0.25) is 0 Å². The second-order valence-corrected chi connectivity index (χ2v) is 8.21. The normalized spacial score (nSPS) is 13.2. The first-order valence-corrected chi connectivity index (χ1v) is 8.71. The highest BCUT2D eigenvalue weighted by Crippen LogP contribution is 2.32. The minimum absolute atomic E-state index is 0.385. The van der Waals surface area contributed by atoms with Crippen molar-refractivity contribution in [3.05, 3.63) is 15.8 Å². The van der Waals surface area contributed by atoms with Crippen molar-refractivity contribution in [2.45, 2.75) is 51.1 Å². The maximum absolute atomic E-state index is 12.8. The molecule has 0 aliphatic heterocycles. The van der Waals surface area contributed by atoms with E-state index < -0.39 is 10.0 Å². The zero-order valence-corrected chi connectivity index (χ0v) is 14.2. The fraction of sp³-hybridized carbons (Fsp3) is 0.692. The van der Waals surface area contributed by atoms with Gasteiger partial charge in [-0.2, -0.15) is 4.31 Å². The Bertz CT molecular complexity index is 533. The van der Waals surface area contributed by atoms with Gasteiger partial charge in [0.2, 0.25) is 10.0 Å². The molecular formula is C13H24N2O2S2. The van der Waals surface area contributed by atoms with Gasteiger partial charge in [0.25, 0.3) is 0 Å². The van der Waals surface area contributed by atoms with Crippen molar-refractivity contribution < 1.29 is 8.42 Å². The predicted molar refractivity (Wildman–Crippen MR) is 81.1 cm³/mol. The summed E-state index contributed by atoms with van der Waals surface area (Å²) in [7, 11) is 0.0451. The smallest absolute Gasteiger partial charge is 0.244 e. The second kappa shape index (κ2) is 5.91. The van der Waals surface area contributed by atoms with E-state index in [0.29, 0.717) is 11.4 Å². The molecule has 1 rings (SSSR count). The van der Waals surface area contributed by atoms with E-state index in [1.807, 2.05) is 40.1 Å². The van der Waals surface area contributed by atoms with Crippen molar-refractivity contribution in [3.63, 3.8) is 0 Å². The fourth-order valence-electron chi connectivity index (χ4n) is 1.80. The molecule has 6 heteroatoms. The van der Waals surface area contributed by atoms with Crippen molar-refractivity contribution >= 4 is 21.4 Å². The molecule has 1 aromatic heterocycles. The maximum Gasteiger partial charge on any atom is 0.244 e. The van der Waals surface area contributed by atoms with Crippen LogP contribution in [-0.2, 0) is 16.6 Å². The molecular weight excluding hydrogens is 280 g/mol. The lowest BCUT2D eigenvalue weighted by atomic mass is 10.0. The van der Waals surface area contributed by atoms with Crippen LogP contribution in [-0.4, -0.2) is 32.4 Å². The van der Waals surface area contributed by atoms with Gasteiger partial charge >= 0.3 is 0 Å². The molecule has 0 unspecified atom stereocenters. The Balaban J connectivity index is 3.32. The quantitative estimate of drug-likeness (QED) is 0.879. The van der Waals surface area contributed by atoms with Crippen LogP contribution < -0.4 is 5.32 Å². The van der Waals surface area contributed by atoms with Crippen LogP contribution in [0.1, 0.15) is 37.6 Å². The van der Waals surface area contributed by atoms with E-state index in [2.05, 4.69) is 5.32 Å². The van der Waals surface area contributed by atoms with Gasteiger partial charge in [-0.25, -0.2) is 8.42 Å². The molecule has 0 atom stereocenters. The van der Waals surface area contributed by atoms with E-state index in [-0.39, 0.29) is 5.54 Å². The summed E-state index contributed by atoms with van der Waals surface area (Å²) in [6, 6.07) is 0. The highest BCUT2D eigenvalue weighted by atomic mass is 32.2. The van der Waals surface area contributed by atoms with Gasteiger partial charge in [-0.3, -0.25) is 0 Å². The third-order valence-corrected chi connectivity index (χ3v) is 7.20. The van der Waals surface area contributed by atoms with Crippen molar-refractivity contribution in [1.29, 1.82) is 0 Å². The van der Waals surface area contributed by atoms with Gasteiger partial charge in [-0.1, -0.05) is 6.92 Å². The summed E-state index contributed by atoms with van der Waals surface area (Å²) in [4.78, 5) is 1.34. The molecule has 0 aliphatic carbocycles. The van der Waals surface area contributed by atoms with E-state index in [1.54, 1.807) is 7.05 Å². The van der Waals surface area contributed by atoms with E-state index in [4.69, 9.17) is 0 Å². The molecule has 1 aromatic rings. The Kier molecular flexibility index (Phi) is 5.17. The van der Waals surface area contributed by atoms with E-state index in [0.717, 1.165) is 16.9 Å². The Hall–Kier alpha value is -0.430. The van der Waals surface area contributed by atoms with Crippen molar-refractivity contribution in [1.82, 2.24) is 9.62 Å². The molecule has 1 heterocycles. The number of aryl methyl sites for hydroxylation is 1. The summed E-state index contributed by atoms with van der Waals surface area (Å²) in [5, 5.41) is 4.94. The zero-order valence-electron chi connectivity index (χ0n) is 12.6. The molecule has 0 saturated carbocycles. The molecule has 0 saturated heterocycles. The summed E-state index contributed by atoms with van der Waals surface area (Å²) >= 11 is 1.49. The first-order valence-electron chi connectivity index (χ1n) is 6.39. The molecule has 1 N–H and O–H groups in total. The lowest BCUT2D eigenvalue weighted by molar-refractivity contribution is 0.257. The van der Waals surface area contributed by atoms with Crippen LogP contribution in [0.15, 0.2) is 10.3 Å². The first-order chi connectivity index (χ1) is 8.68. The predicted octanol–water partition coefficient (Wildman–Crippen LogP) is 2.59. The number of nitrogens with one attached hydrogen (secondary N) is 1. The standard InChI is InChI=1S/C13H24N2O2S2/c1-7-13(3,4)15(6)19(16,17)12-10(2)9-18-11(12)8-14-5/h9,14H,7-8H2,1-6H3. The zero-order chi connectivity index (χ0) is 14.8. The van der Waals surface area contributed by atoms with Crippen LogP contribution in [0.3, 0.4) is 0 Å². The van der Waals surface area contributed by atoms with Crippen LogP contribution in [0, 0.1) is 6.92 Å². The Morgan fingerprint density at radius 1 is 1.42 bits per heavy atom. The summed E-state index contributed by atoms with van der Waals surface area (Å²) in [5.41, 5.74) is 0.443. The summed E-state index contributed by atoms with van der Waals surface area (Å²) < 4.78 is 27.1. The molecule has 19 heavy (non-hydrogen) atoms. The Morgan fingerprint density at radius 3 is 2.47 bits per heavy atom. The van der Waals surface area contributed by atoms with Crippen molar-refractivity contribution in [3.8, 4) is 0 Å². The lowest BCUT2D eigenvalue weighted by Crippen LogP contribution is -2.44. The fourth-order valence-corrected chi connectivity index (χ4v) is 5.15. The van der Waals surface area contributed by atoms with Gasteiger partial charge in [0, 0.05) is 24.0 Å². The van der Waals surface area contributed by atoms with E-state index in [9.17, 15) is 8.42 Å². The van der Waals surface area contributed by atoms with E-state index in [1.165, 1.54) is 15.6 Å². The number of rotatable bonds is 6. The minimum atomic E-state index is -3.45. The number of sulfonamides is 1. The molecule has 0 radical (unpaired) electrons. The molecule has 0 aliphatic rings. The molecule has 0 spiro atoms. The molecule has 0 fully saturated rings. The monoisotopic (exact) mass is 304 g/mol. The second-order valence-electron chi connectivity index (χ2n) is 5.34. The SMILES string of the molecule is CCC(C)(C)N(C)S(=O)(=O)c1c(C)csc1CNC. The third kappa shape index (κ3) is 3.18. The molecule has 0 bridgehead atoms. The van der Waals surface area contributed by atoms with E-state index >= 15 is 0 Å². The van der Waals surface area contributed by atoms with Gasteiger partial charge < -0.3 is 5.32 Å². The lowest BCUT2D eigenvalue weighted by Gasteiger charge is -2.34. The molecule has 0 aromatic carbocycles. The number of hydrogen-bond acceptors (Lipinski definition) is 4. The summed E-state index contributed by atoms with van der Waals surface area (Å²) in [6.45, 7) is 8.33. The topological polar surface area (TPSA) is 49.4 Å². The summed E-state index contributed by atoms with van der Waals surface area (Å²) in [6.07, 6.45) is 0.771. The Morgan fingerprint density at radius 2 is 2.00 bits per heavy atom. The molecule has 4 nitrogen and oxygen atoms in total. The number of hydrogen-bond donors (Lipinski definition) is 1. The van der Waals surface area contributed by atoms with Gasteiger partial charge in [0.15, 0.2) is 0 Å². The average molecular weight is 304 g/mol. The third-order valence-electron chi connectivity index (χ3n) is 3.66. The van der Waals surface area contributed by atoms with Crippen LogP contribution in [0.5, 0.6) is 0 Å². The van der Waals surface area contributed by atoms with Gasteiger partial charge in [-0.05, 0) is 45.2 Å². The average Bonchev–Trinajstić information content (AvgIpc) is 2.70. The summed E-state index contributed by atoms with van der Waals surface area (Å²) in [5.74, 6) is 0. The number of thiophene rings is 1. The van der Waals surface area contributed by atoms with Crippen LogP contribution >= 0.6 is 11.3 Å². The van der Waals surface area contributed by atoms with Crippen molar-refractivity contribution in [2.75, 3.05) is 14.1 Å². The van der Waals surface area contributed by atoms with Crippen molar-refractivity contribution in [2.24, 2.45) is 0 Å². The maximum atomic E-state index is 12.8. The van der Waals surface area contributed by atoms with Gasteiger partial charge in [-0.15, -0.1) is 11.3 Å². The van der Waals surface area contributed by atoms with Gasteiger partial charge in [0.1, 0.15) is 4.90 Å². The number of nitrogens with zero attached hydrogens (tertiary/aromatic N) is 1. The van der Waals surface area contributed by atoms with Crippen LogP contribution in [0.25, 0.3) is 0 Å². The minimum Gasteiger partial charge on any atom is -0.315 e.